The molecule has 128 valence electrons. The molecule has 0 radical (unpaired) electrons. The first-order chi connectivity index (χ1) is 10.7. The fraction of sp³-hybridized carbons (Fsp3) is 0.500. The minimum Gasteiger partial charge on any atom is -0.495 e. The summed E-state index contributed by atoms with van der Waals surface area (Å²) in [5, 5.41) is 2.98. The van der Waals surface area contributed by atoms with E-state index in [1.54, 1.807) is 12.1 Å². The van der Waals surface area contributed by atoms with Crippen LogP contribution in [0.3, 0.4) is 0 Å². The topological polar surface area (TPSA) is 50.8 Å². The van der Waals surface area contributed by atoms with Gasteiger partial charge in [0.1, 0.15) is 5.75 Å². The highest BCUT2D eigenvalue weighted by molar-refractivity contribution is 6.31. The molecule has 1 aromatic rings. The maximum absolute atomic E-state index is 12.9. The number of nitrogens with zero attached hydrogens (tertiary/aromatic N) is 1. The predicted octanol–water partition coefficient (Wildman–Crippen LogP) is 2.55. The first kappa shape index (κ1) is 17.8. The monoisotopic (exact) mass is 352 g/mol. The number of nitrogens with one attached hydrogen (secondary N) is 1. The molecule has 0 aromatic heterocycles. The van der Waals surface area contributed by atoms with Crippen molar-refractivity contribution in [3.8, 4) is 5.75 Å². The maximum atomic E-state index is 12.9. The van der Waals surface area contributed by atoms with Crippen LogP contribution in [0.4, 0.5) is 18.9 Å². The fourth-order valence-electron chi connectivity index (χ4n) is 2.38. The van der Waals surface area contributed by atoms with Crippen molar-refractivity contribution in [2.75, 3.05) is 39.2 Å². The molecule has 0 saturated carbocycles. The molecule has 0 bridgehead atoms. The lowest BCUT2D eigenvalue weighted by Crippen LogP contribution is -2.70. The second kappa shape index (κ2) is 6.54. The van der Waals surface area contributed by atoms with Gasteiger partial charge in [-0.2, -0.15) is 13.2 Å². The number of hydrogen-bond donors (Lipinski definition) is 1. The van der Waals surface area contributed by atoms with Gasteiger partial charge in [-0.3, -0.25) is 9.69 Å². The van der Waals surface area contributed by atoms with Crippen LogP contribution < -0.4 is 10.1 Å². The number of methoxy groups -OCH3 is 2. The summed E-state index contributed by atoms with van der Waals surface area (Å²) in [4.78, 5) is 13.3. The van der Waals surface area contributed by atoms with Crippen LogP contribution in [0.15, 0.2) is 18.2 Å². The summed E-state index contributed by atoms with van der Waals surface area (Å²) in [5.41, 5.74) is -1.83. The molecule has 0 unspecified atom stereocenters. The van der Waals surface area contributed by atoms with Gasteiger partial charge in [-0.1, -0.05) is 11.6 Å². The zero-order valence-corrected chi connectivity index (χ0v) is 13.3. The van der Waals surface area contributed by atoms with Crippen molar-refractivity contribution in [2.45, 2.75) is 11.8 Å². The zero-order valence-electron chi connectivity index (χ0n) is 12.5. The number of likely N-dealkylation sites (tertiary alicyclic amines) is 1. The minimum absolute atomic E-state index is 0.184. The number of carbonyl (C=O) groups is 1. The van der Waals surface area contributed by atoms with Crippen molar-refractivity contribution in [1.29, 1.82) is 0 Å². The average Bonchev–Trinajstić information content (AvgIpc) is 2.41. The number of carbonyl (C=O) groups excluding carboxylic acids is 1. The quantitative estimate of drug-likeness (QED) is 0.885. The normalized spacial score (nSPS) is 17.5. The average molecular weight is 353 g/mol. The summed E-state index contributed by atoms with van der Waals surface area (Å²) >= 11 is 5.85. The molecule has 0 aliphatic carbocycles. The molecule has 1 fully saturated rings. The lowest BCUT2D eigenvalue weighted by molar-refractivity contribution is -0.309. The molecule has 1 heterocycles. The van der Waals surface area contributed by atoms with Crippen LogP contribution in [0.5, 0.6) is 5.75 Å². The number of alkyl halides is 3. The first-order valence-corrected chi connectivity index (χ1v) is 7.06. The molecule has 2 rings (SSSR count). The molecular weight excluding hydrogens is 337 g/mol. The highest BCUT2D eigenvalue weighted by Gasteiger charge is 2.62. The zero-order chi connectivity index (χ0) is 17.3. The first-order valence-electron chi connectivity index (χ1n) is 6.68. The highest BCUT2D eigenvalue weighted by Crippen LogP contribution is 2.40. The molecule has 1 aliphatic rings. The third kappa shape index (κ3) is 3.70. The van der Waals surface area contributed by atoms with Gasteiger partial charge in [0.15, 0.2) is 5.60 Å². The molecule has 5 nitrogen and oxygen atoms in total. The van der Waals surface area contributed by atoms with Crippen molar-refractivity contribution in [2.24, 2.45) is 0 Å². The molecular formula is C14H16ClF3N2O3. The Balaban J connectivity index is 1.94. The standard InChI is InChI=1S/C14H16ClF3N2O3/c1-22-11-4-3-9(15)5-10(11)19-12(21)6-20-7-13(8-20,23-2)14(16,17)18/h3-5H,6-8H2,1-2H3,(H,19,21). The largest absolute Gasteiger partial charge is 0.495 e. The van der Waals surface area contributed by atoms with E-state index in [0.29, 0.717) is 16.5 Å². The summed E-state index contributed by atoms with van der Waals surface area (Å²) in [6.07, 6.45) is -4.47. The molecule has 0 atom stereocenters. The van der Waals surface area contributed by atoms with Gasteiger partial charge in [0.2, 0.25) is 5.91 Å². The third-order valence-electron chi connectivity index (χ3n) is 3.67. The lowest BCUT2D eigenvalue weighted by Gasteiger charge is -2.49. The molecule has 1 saturated heterocycles. The van der Waals surface area contributed by atoms with Crippen LogP contribution in [0.25, 0.3) is 0 Å². The van der Waals surface area contributed by atoms with E-state index >= 15 is 0 Å². The van der Waals surface area contributed by atoms with Crippen LogP contribution in [0, 0.1) is 0 Å². The number of anilines is 1. The number of hydrogen-bond acceptors (Lipinski definition) is 4. The van der Waals surface area contributed by atoms with Gasteiger partial charge in [-0.25, -0.2) is 0 Å². The number of halogens is 4. The Labute approximate surface area is 136 Å². The van der Waals surface area contributed by atoms with Crippen LogP contribution in [0.2, 0.25) is 5.02 Å². The summed E-state index contributed by atoms with van der Waals surface area (Å²) in [5.74, 6) is -0.0506. The Kier molecular flexibility index (Phi) is 5.07. The van der Waals surface area contributed by atoms with Crippen molar-refractivity contribution < 1.29 is 27.4 Å². The Morgan fingerprint density at radius 1 is 1.39 bits per heavy atom. The lowest BCUT2D eigenvalue weighted by atomic mass is 9.93. The molecule has 1 aromatic carbocycles. The van der Waals surface area contributed by atoms with E-state index in [-0.39, 0.29) is 19.6 Å². The third-order valence-corrected chi connectivity index (χ3v) is 3.90. The van der Waals surface area contributed by atoms with E-state index in [9.17, 15) is 18.0 Å². The van der Waals surface area contributed by atoms with Gasteiger partial charge in [-0.15, -0.1) is 0 Å². The van der Waals surface area contributed by atoms with Crippen molar-refractivity contribution in [1.82, 2.24) is 4.90 Å². The number of rotatable bonds is 5. The van der Waals surface area contributed by atoms with Crippen LogP contribution in [-0.4, -0.2) is 56.4 Å². The van der Waals surface area contributed by atoms with E-state index < -0.39 is 17.7 Å². The molecule has 9 heteroatoms. The summed E-state index contributed by atoms with van der Waals surface area (Å²) < 4.78 is 48.3. The smallest absolute Gasteiger partial charge is 0.419 e. The Hall–Kier alpha value is -1.51. The van der Waals surface area contributed by atoms with Crippen molar-refractivity contribution in [3.63, 3.8) is 0 Å². The molecule has 1 amide bonds. The van der Waals surface area contributed by atoms with Gasteiger partial charge >= 0.3 is 6.18 Å². The van der Waals surface area contributed by atoms with Crippen LogP contribution in [0.1, 0.15) is 0 Å². The van der Waals surface area contributed by atoms with E-state index in [0.717, 1.165) is 7.11 Å². The van der Waals surface area contributed by atoms with Crippen LogP contribution >= 0.6 is 11.6 Å². The molecule has 1 aliphatic heterocycles. The highest BCUT2D eigenvalue weighted by atomic mass is 35.5. The van der Waals surface area contributed by atoms with Crippen molar-refractivity contribution >= 4 is 23.2 Å². The van der Waals surface area contributed by atoms with Gasteiger partial charge in [0.25, 0.3) is 0 Å². The summed E-state index contributed by atoms with van der Waals surface area (Å²) in [7, 11) is 2.45. The van der Waals surface area contributed by atoms with Gasteiger partial charge in [-0.05, 0) is 18.2 Å². The predicted molar refractivity (Wildman–Crippen MR) is 78.9 cm³/mol. The fourth-order valence-corrected chi connectivity index (χ4v) is 2.55. The summed E-state index contributed by atoms with van der Waals surface area (Å²) in [6.45, 7) is -0.947. The minimum atomic E-state index is -4.47. The summed E-state index contributed by atoms with van der Waals surface area (Å²) in [6, 6.07) is 4.69. The number of ether oxygens (including phenoxy) is 2. The van der Waals surface area contributed by atoms with Gasteiger partial charge in [0, 0.05) is 25.2 Å². The number of benzene rings is 1. The van der Waals surface area contributed by atoms with E-state index in [2.05, 4.69) is 10.1 Å². The van der Waals surface area contributed by atoms with Gasteiger partial charge < -0.3 is 14.8 Å². The van der Waals surface area contributed by atoms with Crippen molar-refractivity contribution in [3.05, 3.63) is 23.2 Å². The molecule has 0 spiro atoms. The molecule has 23 heavy (non-hydrogen) atoms. The number of amides is 1. The van der Waals surface area contributed by atoms with Gasteiger partial charge in [0.05, 0.1) is 19.3 Å². The second-order valence-electron chi connectivity index (χ2n) is 5.23. The maximum Gasteiger partial charge on any atom is 0.419 e. The van der Waals surface area contributed by atoms with Crippen LogP contribution in [-0.2, 0) is 9.53 Å². The second-order valence-corrected chi connectivity index (χ2v) is 5.67. The van der Waals surface area contributed by atoms with E-state index in [1.165, 1.54) is 18.1 Å². The Bertz CT molecular complexity index is 589. The SMILES string of the molecule is COc1ccc(Cl)cc1NC(=O)CN1CC(OC)(C(F)(F)F)C1. The Morgan fingerprint density at radius 2 is 2.04 bits per heavy atom. The Morgan fingerprint density at radius 3 is 2.57 bits per heavy atom. The van der Waals surface area contributed by atoms with E-state index in [1.807, 2.05) is 0 Å². The van der Waals surface area contributed by atoms with E-state index in [4.69, 9.17) is 16.3 Å². The molecule has 1 N–H and O–H groups in total.